The molecule has 0 unspecified atom stereocenters. The van der Waals surface area contributed by atoms with E-state index in [2.05, 4.69) is 36.0 Å². The van der Waals surface area contributed by atoms with Crippen molar-refractivity contribution in [1.82, 2.24) is 30.7 Å². The van der Waals surface area contributed by atoms with Crippen LogP contribution in [0.1, 0.15) is 17.3 Å². The molecule has 0 saturated carbocycles. The van der Waals surface area contributed by atoms with E-state index < -0.39 is 0 Å². The largest absolute Gasteiger partial charge is 0.406 e. The highest BCUT2D eigenvalue weighted by Gasteiger charge is 2.08. The summed E-state index contributed by atoms with van der Waals surface area (Å²) in [7, 11) is 1.65. The van der Waals surface area contributed by atoms with E-state index in [9.17, 15) is 0 Å². The highest BCUT2D eigenvalue weighted by molar-refractivity contribution is 5.38. The maximum Gasteiger partial charge on any atom is 0.322 e. The highest BCUT2D eigenvalue weighted by atomic mass is 16.5. The lowest BCUT2D eigenvalue weighted by molar-refractivity contribution is 0.198. The first kappa shape index (κ1) is 14.3. The number of nitrogens with zero attached hydrogens (tertiary/aromatic N) is 5. The summed E-state index contributed by atoms with van der Waals surface area (Å²) in [4.78, 5) is 4.22. The molecule has 0 spiro atoms. The molecule has 20 heavy (non-hydrogen) atoms. The Balaban J connectivity index is 1.90. The summed E-state index contributed by atoms with van der Waals surface area (Å²) >= 11 is 0. The third kappa shape index (κ3) is 3.93. The van der Waals surface area contributed by atoms with Gasteiger partial charge in [0.2, 0.25) is 5.89 Å². The first-order valence-corrected chi connectivity index (χ1v) is 6.16. The molecule has 0 amide bonds. The van der Waals surface area contributed by atoms with Crippen molar-refractivity contribution in [2.45, 2.75) is 20.4 Å². The fourth-order valence-electron chi connectivity index (χ4n) is 1.35. The van der Waals surface area contributed by atoms with Crippen LogP contribution in [0.2, 0.25) is 0 Å². The van der Waals surface area contributed by atoms with Crippen LogP contribution in [0, 0.1) is 13.8 Å². The number of hydrogen-bond donors (Lipinski definition) is 2. The quantitative estimate of drug-likeness (QED) is 0.693. The monoisotopic (exact) mass is 279 g/mol. The predicted octanol–water partition coefficient (Wildman–Crippen LogP) is 0.351. The Hall–Kier alpha value is -2.13. The lowest BCUT2D eigenvalue weighted by atomic mass is 10.4. The Morgan fingerprint density at radius 3 is 2.70 bits per heavy atom. The Bertz CT molecular complexity index is 557. The fourth-order valence-corrected chi connectivity index (χ4v) is 1.35. The lowest BCUT2D eigenvalue weighted by Gasteiger charge is -2.01. The summed E-state index contributed by atoms with van der Waals surface area (Å²) in [5.41, 5.74) is 1.58. The van der Waals surface area contributed by atoms with Gasteiger partial charge >= 0.3 is 6.01 Å². The molecule has 9 nitrogen and oxygen atoms in total. The Morgan fingerprint density at radius 2 is 1.95 bits per heavy atom. The maximum absolute atomic E-state index is 5.39. The van der Waals surface area contributed by atoms with Gasteiger partial charge in [-0.3, -0.25) is 5.32 Å². The van der Waals surface area contributed by atoms with Gasteiger partial charge in [0.1, 0.15) is 0 Å². The number of rotatable bonds is 7. The number of nitrogens with one attached hydrogen (secondary N) is 2. The fraction of sp³-hybridized carbons (Fsp3) is 0.545. The molecule has 0 fully saturated rings. The highest BCUT2D eigenvalue weighted by Crippen LogP contribution is 2.11. The van der Waals surface area contributed by atoms with E-state index >= 15 is 0 Å². The molecule has 0 bridgehead atoms. The lowest BCUT2D eigenvalue weighted by Crippen LogP contribution is -2.18. The van der Waals surface area contributed by atoms with Crippen LogP contribution in [-0.4, -0.2) is 45.6 Å². The SMILES string of the molecule is COCCNCc1nnc(Nc2nnc(C)c(C)n2)o1. The van der Waals surface area contributed by atoms with E-state index in [0.717, 1.165) is 11.4 Å². The maximum atomic E-state index is 5.39. The summed E-state index contributed by atoms with van der Waals surface area (Å²) in [5.74, 6) is 0.802. The zero-order chi connectivity index (χ0) is 14.4. The second-order valence-corrected chi connectivity index (χ2v) is 4.10. The molecule has 0 aromatic carbocycles. The average molecular weight is 279 g/mol. The van der Waals surface area contributed by atoms with Crippen molar-refractivity contribution in [2.24, 2.45) is 0 Å². The molecule has 0 saturated heterocycles. The number of aryl methyl sites for hydroxylation is 2. The van der Waals surface area contributed by atoms with Gasteiger partial charge < -0.3 is 14.5 Å². The van der Waals surface area contributed by atoms with E-state index in [4.69, 9.17) is 9.15 Å². The molecular weight excluding hydrogens is 262 g/mol. The number of aromatic nitrogens is 5. The molecule has 2 rings (SSSR count). The van der Waals surface area contributed by atoms with Gasteiger partial charge in [0.05, 0.1) is 24.5 Å². The number of anilines is 2. The van der Waals surface area contributed by atoms with E-state index in [0.29, 0.717) is 31.5 Å². The van der Waals surface area contributed by atoms with Crippen LogP contribution in [0.15, 0.2) is 4.42 Å². The van der Waals surface area contributed by atoms with E-state index in [1.165, 1.54) is 0 Å². The van der Waals surface area contributed by atoms with E-state index in [1.807, 2.05) is 13.8 Å². The van der Waals surface area contributed by atoms with Crippen LogP contribution in [0.3, 0.4) is 0 Å². The molecule has 0 aliphatic heterocycles. The minimum atomic E-state index is 0.235. The zero-order valence-electron chi connectivity index (χ0n) is 11.7. The van der Waals surface area contributed by atoms with Crippen molar-refractivity contribution in [2.75, 3.05) is 25.6 Å². The van der Waals surface area contributed by atoms with Crippen molar-refractivity contribution in [3.05, 3.63) is 17.3 Å². The first-order valence-electron chi connectivity index (χ1n) is 6.16. The Labute approximate surface area is 116 Å². The standard InChI is InChI=1S/C11H17N7O2/c1-7-8(2)15-17-10(13-7)14-11-18-16-9(20-11)6-12-4-5-19-3/h12H,4-6H2,1-3H3,(H,13,14,17,18). The van der Waals surface area contributed by atoms with Gasteiger partial charge in [0, 0.05) is 13.7 Å². The summed E-state index contributed by atoms with van der Waals surface area (Å²) in [5, 5.41) is 21.5. The average Bonchev–Trinajstić information content (AvgIpc) is 2.87. The minimum absolute atomic E-state index is 0.235. The van der Waals surface area contributed by atoms with Crippen LogP contribution in [-0.2, 0) is 11.3 Å². The van der Waals surface area contributed by atoms with Crippen molar-refractivity contribution in [3.8, 4) is 0 Å². The van der Waals surface area contributed by atoms with Gasteiger partial charge in [-0.15, -0.1) is 10.2 Å². The van der Waals surface area contributed by atoms with Gasteiger partial charge in [0.25, 0.3) is 5.95 Å². The van der Waals surface area contributed by atoms with Gasteiger partial charge in [-0.05, 0) is 13.8 Å². The second-order valence-electron chi connectivity index (χ2n) is 4.10. The van der Waals surface area contributed by atoms with Gasteiger partial charge in [0.15, 0.2) is 0 Å². The van der Waals surface area contributed by atoms with Gasteiger partial charge in [-0.25, -0.2) is 4.98 Å². The molecule has 9 heteroatoms. The number of methoxy groups -OCH3 is 1. The predicted molar refractivity (Wildman–Crippen MR) is 70.5 cm³/mol. The smallest absolute Gasteiger partial charge is 0.322 e. The van der Waals surface area contributed by atoms with Crippen LogP contribution in [0.25, 0.3) is 0 Å². The van der Waals surface area contributed by atoms with Gasteiger partial charge in [-0.2, -0.15) is 5.10 Å². The van der Waals surface area contributed by atoms with Crippen molar-refractivity contribution in [1.29, 1.82) is 0 Å². The molecule has 0 aliphatic rings. The number of hydrogen-bond acceptors (Lipinski definition) is 9. The van der Waals surface area contributed by atoms with Crippen molar-refractivity contribution in [3.63, 3.8) is 0 Å². The summed E-state index contributed by atoms with van der Waals surface area (Å²) < 4.78 is 10.3. The third-order valence-corrected chi connectivity index (χ3v) is 2.54. The molecular formula is C11H17N7O2. The molecule has 2 aromatic rings. The van der Waals surface area contributed by atoms with Crippen LogP contribution in [0.4, 0.5) is 12.0 Å². The van der Waals surface area contributed by atoms with Crippen LogP contribution < -0.4 is 10.6 Å². The molecule has 2 N–H and O–H groups in total. The summed E-state index contributed by atoms with van der Waals surface area (Å²) in [6, 6.07) is 0.235. The second kappa shape index (κ2) is 6.87. The molecule has 0 radical (unpaired) electrons. The third-order valence-electron chi connectivity index (χ3n) is 2.54. The molecule has 2 heterocycles. The Morgan fingerprint density at radius 1 is 1.10 bits per heavy atom. The molecule has 0 atom stereocenters. The van der Waals surface area contributed by atoms with Crippen molar-refractivity contribution >= 4 is 12.0 Å². The molecule has 108 valence electrons. The molecule has 0 aliphatic carbocycles. The van der Waals surface area contributed by atoms with Gasteiger partial charge in [-0.1, -0.05) is 5.10 Å². The van der Waals surface area contributed by atoms with Crippen LogP contribution in [0.5, 0.6) is 0 Å². The normalized spacial score (nSPS) is 10.8. The minimum Gasteiger partial charge on any atom is -0.406 e. The molecule has 2 aromatic heterocycles. The van der Waals surface area contributed by atoms with E-state index in [-0.39, 0.29) is 6.01 Å². The van der Waals surface area contributed by atoms with Crippen LogP contribution >= 0.6 is 0 Å². The Kier molecular flexibility index (Phi) is 4.91. The first-order chi connectivity index (χ1) is 9.69. The summed E-state index contributed by atoms with van der Waals surface area (Å²) in [6.45, 7) is 5.51. The number of ether oxygens (including phenoxy) is 1. The topological polar surface area (TPSA) is 111 Å². The zero-order valence-corrected chi connectivity index (χ0v) is 11.7. The van der Waals surface area contributed by atoms with E-state index in [1.54, 1.807) is 7.11 Å². The van der Waals surface area contributed by atoms with Crippen molar-refractivity contribution < 1.29 is 9.15 Å². The summed E-state index contributed by atoms with van der Waals surface area (Å²) in [6.07, 6.45) is 0.